The van der Waals surface area contributed by atoms with Gasteiger partial charge in [0.25, 0.3) is 0 Å². The van der Waals surface area contributed by atoms with E-state index in [0.29, 0.717) is 5.92 Å². The van der Waals surface area contributed by atoms with Crippen molar-refractivity contribution in [3.63, 3.8) is 0 Å². The van der Waals surface area contributed by atoms with Gasteiger partial charge in [-0.1, -0.05) is 13.8 Å². The first-order valence-electron chi connectivity index (χ1n) is 5.34. The van der Waals surface area contributed by atoms with Crippen LogP contribution in [0.25, 0.3) is 10.6 Å². The van der Waals surface area contributed by atoms with Gasteiger partial charge in [-0.3, -0.25) is 4.98 Å². The fraction of sp³-hybridized carbons (Fsp3) is 0.333. The minimum absolute atomic E-state index is 0.215. The van der Waals surface area contributed by atoms with Crippen LogP contribution in [0.4, 0.5) is 0 Å². The number of aromatic nitrogens is 2. The van der Waals surface area contributed by atoms with E-state index in [0.717, 1.165) is 15.2 Å². The molecule has 90 valence electrons. The largest absolute Gasteiger partial charge is 0.264 e. The molecule has 0 aliphatic carbocycles. The zero-order valence-electron chi connectivity index (χ0n) is 9.59. The standard InChI is InChI=1S/C12H13BrN2S2/c1-7(2)9(16)10-11(13)15-12(17-10)8-4-3-5-14-6-8/h3-7,9,16H,1-2H3. The van der Waals surface area contributed by atoms with Crippen molar-refractivity contribution in [2.24, 2.45) is 5.92 Å². The van der Waals surface area contributed by atoms with E-state index in [1.165, 1.54) is 4.88 Å². The molecule has 0 N–H and O–H groups in total. The summed E-state index contributed by atoms with van der Waals surface area (Å²) in [5.41, 5.74) is 1.05. The molecule has 0 saturated carbocycles. The van der Waals surface area contributed by atoms with E-state index in [2.05, 4.69) is 52.4 Å². The topological polar surface area (TPSA) is 25.8 Å². The Bertz CT molecular complexity index is 496. The van der Waals surface area contributed by atoms with E-state index in [4.69, 9.17) is 0 Å². The Balaban J connectivity index is 2.37. The fourth-order valence-corrected chi connectivity index (χ4v) is 3.76. The van der Waals surface area contributed by atoms with Crippen LogP contribution >= 0.6 is 39.9 Å². The molecule has 0 aromatic carbocycles. The first-order valence-corrected chi connectivity index (χ1v) is 7.47. The summed E-state index contributed by atoms with van der Waals surface area (Å²) in [4.78, 5) is 9.83. The number of rotatable bonds is 3. The first kappa shape index (κ1) is 13.1. The van der Waals surface area contributed by atoms with Crippen molar-refractivity contribution in [3.05, 3.63) is 34.0 Å². The predicted octanol–water partition coefficient (Wildman–Crippen LogP) is 4.59. The maximum absolute atomic E-state index is 4.63. The second kappa shape index (κ2) is 5.50. The Morgan fingerprint density at radius 2 is 2.18 bits per heavy atom. The maximum atomic E-state index is 4.63. The Morgan fingerprint density at radius 1 is 1.41 bits per heavy atom. The predicted molar refractivity (Wildman–Crippen MR) is 79.6 cm³/mol. The Kier molecular flexibility index (Phi) is 4.22. The van der Waals surface area contributed by atoms with Crippen LogP contribution in [0.1, 0.15) is 24.0 Å². The van der Waals surface area contributed by atoms with Crippen LogP contribution < -0.4 is 0 Å². The van der Waals surface area contributed by atoms with Crippen LogP contribution in [0, 0.1) is 5.92 Å². The smallest absolute Gasteiger partial charge is 0.126 e. The van der Waals surface area contributed by atoms with E-state index >= 15 is 0 Å². The molecule has 2 heterocycles. The zero-order chi connectivity index (χ0) is 12.4. The number of pyridine rings is 1. The average molecular weight is 329 g/mol. The third-order valence-electron chi connectivity index (χ3n) is 2.42. The van der Waals surface area contributed by atoms with Crippen molar-refractivity contribution >= 4 is 39.9 Å². The highest BCUT2D eigenvalue weighted by atomic mass is 79.9. The van der Waals surface area contributed by atoms with Crippen molar-refractivity contribution in [3.8, 4) is 10.6 Å². The van der Waals surface area contributed by atoms with Crippen molar-refractivity contribution in [1.82, 2.24) is 9.97 Å². The van der Waals surface area contributed by atoms with Crippen LogP contribution in [-0.4, -0.2) is 9.97 Å². The molecular formula is C12H13BrN2S2. The minimum Gasteiger partial charge on any atom is -0.264 e. The molecule has 1 atom stereocenters. The molecule has 0 spiro atoms. The second-order valence-corrected chi connectivity index (χ2v) is 6.44. The van der Waals surface area contributed by atoms with Crippen LogP contribution in [0.2, 0.25) is 0 Å². The highest BCUT2D eigenvalue weighted by molar-refractivity contribution is 9.10. The number of halogens is 1. The lowest BCUT2D eigenvalue weighted by Crippen LogP contribution is -1.97. The Morgan fingerprint density at radius 3 is 2.76 bits per heavy atom. The highest BCUT2D eigenvalue weighted by Gasteiger charge is 2.19. The summed E-state index contributed by atoms with van der Waals surface area (Å²) in [7, 11) is 0. The average Bonchev–Trinajstić information content (AvgIpc) is 2.71. The second-order valence-electron chi connectivity index (χ2n) is 4.10. The lowest BCUT2D eigenvalue weighted by atomic mass is 10.1. The van der Waals surface area contributed by atoms with Crippen LogP contribution in [0.15, 0.2) is 29.1 Å². The molecule has 0 aliphatic heterocycles. The van der Waals surface area contributed by atoms with Crippen molar-refractivity contribution in [2.75, 3.05) is 0 Å². The summed E-state index contributed by atoms with van der Waals surface area (Å²) in [5, 5.41) is 1.20. The molecule has 2 nitrogen and oxygen atoms in total. The van der Waals surface area contributed by atoms with Crippen molar-refractivity contribution < 1.29 is 0 Å². The Hall–Kier alpha value is -0.390. The molecular weight excluding hydrogens is 316 g/mol. The molecule has 1 unspecified atom stereocenters. The van der Waals surface area contributed by atoms with E-state index in [9.17, 15) is 0 Å². The van der Waals surface area contributed by atoms with Crippen LogP contribution in [0.5, 0.6) is 0 Å². The summed E-state index contributed by atoms with van der Waals surface area (Å²) in [6, 6.07) is 3.94. The van der Waals surface area contributed by atoms with Crippen LogP contribution in [-0.2, 0) is 0 Å². The van der Waals surface area contributed by atoms with E-state index < -0.39 is 0 Å². The van der Waals surface area contributed by atoms with Crippen molar-refractivity contribution in [2.45, 2.75) is 19.1 Å². The maximum Gasteiger partial charge on any atom is 0.126 e. The molecule has 0 aliphatic rings. The Labute approximate surface area is 119 Å². The van der Waals surface area contributed by atoms with Gasteiger partial charge in [0.15, 0.2) is 0 Å². The molecule has 0 fully saturated rings. The molecule has 0 saturated heterocycles. The number of nitrogens with zero attached hydrogens (tertiary/aromatic N) is 2. The van der Waals surface area contributed by atoms with Gasteiger partial charge >= 0.3 is 0 Å². The highest BCUT2D eigenvalue weighted by Crippen LogP contribution is 2.40. The number of hydrogen-bond acceptors (Lipinski definition) is 4. The van der Waals surface area contributed by atoms with Gasteiger partial charge < -0.3 is 0 Å². The third kappa shape index (κ3) is 2.89. The quantitative estimate of drug-likeness (QED) is 0.833. The molecule has 2 aromatic heterocycles. The van der Waals surface area contributed by atoms with Gasteiger partial charge in [0, 0.05) is 23.2 Å². The van der Waals surface area contributed by atoms with Gasteiger partial charge in [-0.25, -0.2) is 4.98 Å². The van der Waals surface area contributed by atoms with Crippen molar-refractivity contribution in [1.29, 1.82) is 0 Å². The van der Waals surface area contributed by atoms with E-state index in [1.54, 1.807) is 17.5 Å². The summed E-state index contributed by atoms with van der Waals surface area (Å²) < 4.78 is 0.898. The lowest BCUT2D eigenvalue weighted by molar-refractivity contribution is 0.640. The molecule has 0 amide bonds. The molecule has 0 radical (unpaired) electrons. The summed E-state index contributed by atoms with van der Waals surface area (Å²) >= 11 is 9.82. The van der Waals surface area contributed by atoms with E-state index in [1.807, 2.05) is 18.3 Å². The number of thiol groups is 1. The first-order chi connectivity index (χ1) is 8.09. The third-order valence-corrected chi connectivity index (χ3v) is 5.50. The number of hydrogen-bond donors (Lipinski definition) is 1. The van der Waals surface area contributed by atoms with E-state index in [-0.39, 0.29) is 5.25 Å². The fourth-order valence-electron chi connectivity index (χ4n) is 1.41. The lowest BCUT2D eigenvalue weighted by Gasteiger charge is -2.12. The van der Waals surface area contributed by atoms with Gasteiger partial charge in [-0.15, -0.1) is 11.3 Å². The molecule has 2 aromatic rings. The minimum atomic E-state index is 0.215. The normalized spacial score (nSPS) is 13.0. The van der Waals surface area contributed by atoms with Gasteiger partial charge in [0.05, 0.1) is 4.88 Å². The summed E-state index contributed by atoms with van der Waals surface area (Å²) in [6.45, 7) is 4.32. The SMILES string of the molecule is CC(C)C(S)c1sc(-c2cccnc2)nc1Br. The zero-order valence-corrected chi connectivity index (χ0v) is 12.9. The monoisotopic (exact) mass is 328 g/mol. The molecule has 17 heavy (non-hydrogen) atoms. The van der Waals surface area contributed by atoms with Gasteiger partial charge in [0.2, 0.25) is 0 Å². The van der Waals surface area contributed by atoms with Gasteiger partial charge in [-0.05, 0) is 34.0 Å². The number of thiazole rings is 1. The molecule has 2 rings (SSSR count). The van der Waals surface area contributed by atoms with Gasteiger partial charge in [0.1, 0.15) is 9.61 Å². The van der Waals surface area contributed by atoms with Crippen LogP contribution in [0.3, 0.4) is 0 Å². The van der Waals surface area contributed by atoms with Gasteiger partial charge in [-0.2, -0.15) is 12.6 Å². The molecule has 0 bridgehead atoms. The summed E-state index contributed by atoms with van der Waals surface area (Å²) in [5.74, 6) is 0.483. The molecule has 5 heteroatoms. The summed E-state index contributed by atoms with van der Waals surface area (Å²) in [6.07, 6.45) is 3.60.